The summed E-state index contributed by atoms with van der Waals surface area (Å²) in [6.45, 7) is 8.14. The number of fused-ring (bicyclic) bond motifs is 1. The van der Waals surface area contributed by atoms with Crippen LogP contribution < -0.4 is 5.46 Å². The van der Waals surface area contributed by atoms with E-state index >= 15 is 0 Å². The molecule has 2 aromatic rings. The minimum atomic E-state index is -0.387. The predicted molar refractivity (Wildman–Crippen MR) is 80.3 cm³/mol. The van der Waals surface area contributed by atoms with E-state index in [9.17, 15) is 0 Å². The second kappa shape index (κ2) is 4.42. The van der Waals surface area contributed by atoms with E-state index in [1.807, 2.05) is 45.9 Å². The summed E-state index contributed by atoms with van der Waals surface area (Å²) in [6, 6.07) is 7.65. The van der Waals surface area contributed by atoms with E-state index in [2.05, 4.69) is 10.2 Å². The highest BCUT2D eigenvalue weighted by Gasteiger charge is 2.51. The van der Waals surface area contributed by atoms with Gasteiger partial charge in [-0.2, -0.15) is 0 Å². The van der Waals surface area contributed by atoms with Crippen LogP contribution in [0.3, 0.4) is 0 Å². The van der Waals surface area contributed by atoms with Gasteiger partial charge in [-0.15, -0.1) is 10.2 Å². The van der Waals surface area contributed by atoms with Crippen molar-refractivity contribution >= 4 is 35.1 Å². The fourth-order valence-corrected chi connectivity index (χ4v) is 2.31. The van der Waals surface area contributed by atoms with Crippen LogP contribution in [-0.4, -0.2) is 28.5 Å². The molecule has 1 fully saturated rings. The Balaban J connectivity index is 1.98. The Kier molecular flexibility index (Phi) is 3.05. The van der Waals surface area contributed by atoms with Crippen LogP contribution in [-0.2, 0) is 9.31 Å². The number of hydrogen-bond donors (Lipinski definition) is 0. The normalized spacial score (nSPS) is 20.6. The summed E-state index contributed by atoms with van der Waals surface area (Å²) in [5.41, 5.74) is 1.02. The molecule has 4 nitrogen and oxygen atoms in total. The van der Waals surface area contributed by atoms with Gasteiger partial charge in [0.1, 0.15) is 0 Å². The van der Waals surface area contributed by atoms with Crippen molar-refractivity contribution in [1.29, 1.82) is 0 Å². The summed E-state index contributed by atoms with van der Waals surface area (Å²) < 4.78 is 12.1. The number of hydrogen-bond acceptors (Lipinski definition) is 4. The lowest BCUT2D eigenvalue weighted by Crippen LogP contribution is -2.41. The molecule has 0 saturated carbocycles. The molecule has 0 spiro atoms. The van der Waals surface area contributed by atoms with E-state index in [0.717, 1.165) is 16.4 Å². The fraction of sp³-hybridized carbons (Fsp3) is 0.429. The molecule has 1 aromatic heterocycles. The van der Waals surface area contributed by atoms with Gasteiger partial charge in [0.2, 0.25) is 0 Å². The molecule has 104 valence electrons. The van der Waals surface area contributed by atoms with Crippen LogP contribution in [0.1, 0.15) is 27.7 Å². The third-order valence-electron chi connectivity index (χ3n) is 4.11. The second-order valence-electron chi connectivity index (χ2n) is 6.07. The first-order chi connectivity index (χ1) is 9.28. The fourth-order valence-electron chi connectivity index (χ4n) is 2.15. The summed E-state index contributed by atoms with van der Waals surface area (Å²) in [6.07, 6.45) is 0. The van der Waals surface area contributed by atoms with E-state index < -0.39 is 0 Å². The summed E-state index contributed by atoms with van der Waals surface area (Å²) in [5, 5.41) is 9.30. The monoisotopic (exact) mass is 290 g/mol. The van der Waals surface area contributed by atoms with Gasteiger partial charge in [-0.25, -0.2) is 0 Å². The second-order valence-corrected chi connectivity index (χ2v) is 6.46. The first kappa shape index (κ1) is 13.8. The number of aromatic nitrogens is 2. The quantitative estimate of drug-likeness (QED) is 0.757. The van der Waals surface area contributed by atoms with Crippen molar-refractivity contribution in [3.63, 3.8) is 0 Å². The molecule has 1 aromatic carbocycles. The first-order valence-electron chi connectivity index (χ1n) is 6.57. The summed E-state index contributed by atoms with van der Waals surface area (Å²) in [5.74, 6) is 0. The highest BCUT2D eigenvalue weighted by molar-refractivity contribution is 6.62. The van der Waals surface area contributed by atoms with E-state index in [1.54, 1.807) is 6.07 Å². The Morgan fingerprint density at radius 2 is 1.65 bits per heavy atom. The minimum Gasteiger partial charge on any atom is -0.399 e. The van der Waals surface area contributed by atoms with Gasteiger partial charge < -0.3 is 9.31 Å². The van der Waals surface area contributed by atoms with Crippen molar-refractivity contribution in [1.82, 2.24) is 10.2 Å². The van der Waals surface area contributed by atoms with Crippen molar-refractivity contribution < 1.29 is 9.31 Å². The number of halogens is 1. The zero-order valence-electron chi connectivity index (χ0n) is 12.0. The van der Waals surface area contributed by atoms with Gasteiger partial charge in [0.25, 0.3) is 0 Å². The Morgan fingerprint density at radius 1 is 1.00 bits per heavy atom. The molecule has 20 heavy (non-hydrogen) atoms. The van der Waals surface area contributed by atoms with Crippen LogP contribution in [0.5, 0.6) is 0 Å². The van der Waals surface area contributed by atoms with E-state index in [-0.39, 0.29) is 18.3 Å². The Bertz CT molecular complexity index is 659. The highest BCUT2D eigenvalue weighted by atomic mass is 35.5. The molecule has 1 aliphatic rings. The van der Waals surface area contributed by atoms with Crippen LogP contribution in [0.2, 0.25) is 5.15 Å². The van der Waals surface area contributed by atoms with E-state index in [0.29, 0.717) is 5.15 Å². The van der Waals surface area contributed by atoms with Crippen LogP contribution >= 0.6 is 11.6 Å². The number of rotatable bonds is 1. The molecule has 1 aliphatic heterocycles. The van der Waals surface area contributed by atoms with Gasteiger partial charge in [0, 0.05) is 5.39 Å². The standard InChI is InChI=1S/C14H16BClN2O2/c1-13(2)14(3,4)20-15(19-13)10-6-5-9-7-12(16)18-17-11(9)8-10/h5-8H,1-4H3. The third kappa shape index (κ3) is 2.20. The zero-order valence-corrected chi connectivity index (χ0v) is 12.7. The third-order valence-corrected chi connectivity index (χ3v) is 4.29. The Morgan fingerprint density at radius 3 is 2.30 bits per heavy atom. The van der Waals surface area contributed by atoms with Crippen LogP contribution in [0.25, 0.3) is 10.9 Å². The van der Waals surface area contributed by atoms with Gasteiger partial charge in [-0.3, -0.25) is 0 Å². The maximum Gasteiger partial charge on any atom is 0.494 e. The molecule has 1 saturated heterocycles. The molecular weight excluding hydrogens is 274 g/mol. The molecule has 0 unspecified atom stereocenters. The molecule has 0 aliphatic carbocycles. The molecule has 0 N–H and O–H groups in total. The summed E-state index contributed by atoms with van der Waals surface area (Å²) in [4.78, 5) is 0. The van der Waals surface area contributed by atoms with Crippen molar-refractivity contribution in [2.24, 2.45) is 0 Å². The first-order valence-corrected chi connectivity index (χ1v) is 6.95. The summed E-state index contributed by atoms with van der Waals surface area (Å²) >= 11 is 5.84. The maximum atomic E-state index is 6.03. The smallest absolute Gasteiger partial charge is 0.399 e. The molecule has 0 atom stereocenters. The van der Waals surface area contributed by atoms with E-state index in [1.165, 1.54) is 0 Å². The van der Waals surface area contributed by atoms with Gasteiger partial charge >= 0.3 is 7.12 Å². The maximum absolute atomic E-state index is 6.03. The van der Waals surface area contributed by atoms with Crippen LogP contribution in [0.15, 0.2) is 24.3 Å². The topological polar surface area (TPSA) is 44.2 Å². The average molecular weight is 291 g/mol. The lowest BCUT2D eigenvalue weighted by atomic mass is 9.79. The lowest BCUT2D eigenvalue weighted by molar-refractivity contribution is 0.00578. The molecule has 2 heterocycles. The van der Waals surface area contributed by atoms with Crippen molar-refractivity contribution in [3.05, 3.63) is 29.4 Å². The van der Waals surface area contributed by atoms with Crippen molar-refractivity contribution in [2.45, 2.75) is 38.9 Å². The molecular formula is C14H16BClN2O2. The number of benzene rings is 1. The van der Waals surface area contributed by atoms with Gasteiger partial charge in [0.05, 0.1) is 16.7 Å². The Labute approximate surface area is 123 Å². The average Bonchev–Trinajstić information content (AvgIpc) is 2.58. The zero-order chi connectivity index (χ0) is 14.5. The van der Waals surface area contributed by atoms with Gasteiger partial charge in [-0.1, -0.05) is 23.7 Å². The summed E-state index contributed by atoms with van der Waals surface area (Å²) in [7, 11) is -0.387. The molecule has 3 rings (SSSR count). The lowest BCUT2D eigenvalue weighted by Gasteiger charge is -2.32. The minimum absolute atomic E-state index is 0.349. The molecule has 0 radical (unpaired) electrons. The van der Waals surface area contributed by atoms with Crippen molar-refractivity contribution in [3.8, 4) is 0 Å². The predicted octanol–water partition coefficient (Wildman–Crippen LogP) is 2.58. The molecule has 6 heteroatoms. The van der Waals surface area contributed by atoms with Crippen LogP contribution in [0, 0.1) is 0 Å². The van der Waals surface area contributed by atoms with Gasteiger partial charge in [-0.05, 0) is 45.3 Å². The molecule has 0 bridgehead atoms. The van der Waals surface area contributed by atoms with Crippen LogP contribution in [0.4, 0.5) is 0 Å². The van der Waals surface area contributed by atoms with E-state index in [4.69, 9.17) is 20.9 Å². The number of nitrogens with zero attached hydrogens (tertiary/aromatic N) is 2. The Hall–Kier alpha value is -1.17. The largest absolute Gasteiger partial charge is 0.494 e. The SMILES string of the molecule is CC1(C)OB(c2ccc3cc(Cl)nnc3c2)OC1(C)C. The van der Waals surface area contributed by atoms with Gasteiger partial charge in [0.15, 0.2) is 5.15 Å². The highest BCUT2D eigenvalue weighted by Crippen LogP contribution is 2.36. The van der Waals surface area contributed by atoms with Crippen molar-refractivity contribution in [2.75, 3.05) is 0 Å². The molecule has 0 amide bonds.